The van der Waals surface area contributed by atoms with Gasteiger partial charge in [-0.1, -0.05) is 36.4 Å². The van der Waals surface area contributed by atoms with Gasteiger partial charge in [0.1, 0.15) is 0 Å². The lowest BCUT2D eigenvalue weighted by molar-refractivity contribution is 0.459. The van der Waals surface area contributed by atoms with Crippen molar-refractivity contribution in [1.82, 2.24) is 9.97 Å². The van der Waals surface area contributed by atoms with Crippen LogP contribution in [0, 0.1) is 0 Å². The van der Waals surface area contributed by atoms with Crippen LogP contribution in [-0.4, -0.2) is 25.3 Å². The fraction of sp³-hybridized carbons (Fsp3) is 0. The molecule has 9 heteroatoms. The van der Waals surface area contributed by atoms with Gasteiger partial charge < -0.3 is 20.2 Å². The first-order valence-corrected chi connectivity index (χ1v) is 8.01. The number of benzene rings is 2. The molecule has 0 radical (unpaired) electrons. The van der Waals surface area contributed by atoms with Crippen molar-refractivity contribution in [2.45, 2.75) is 0 Å². The summed E-state index contributed by atoms with van der Waals surface area (Å²) in [6, 6.07) is 14.6. The summed E-state index contributed by atoms with van der Waals surface area (Å²) in [5.74, 6) is -0.215. The molecule has 0 amide bonds. The SMILES string of the molecule is Oc1[nH]c2ccccc2c1N=NC(=S)N=Nc1c(O)[nH]c2ccccc12. The van der Waals surface area contributed by atoms with Crippen LogP contribution in [0.3, 0.4) is 0 Å². The Morgan fingerprint density at radius 2 is 1.15 bits per heavy atom. The number of aromatic nitrogens is 2. The van der Waals surface area contributed by atoms with Gasteiger partial charge >= 0.3 is 0 Å². The molecule has 0 aliphatic heterocycles. The van der Waals surface area contributed by atoms with Crippen LogP contribution in [0.15, 0.2) is 69.0 Å². The highest BCUT2D eigenvalue weighted by Crippen LogP contribution is 2.36. The van der Waals surface area contributed by atoms with Gasteiger partial charge in [-0.25, -0.2) is 0 Å². The third-order valence-electron chi connectivity index (χ3n) is 3.79. The van der Waals surface area contributed by atoms with Crippen LogP contribution >= 0.6 is 12.2 Å². The van der Waals surface area contributed by atoms with E-state index >= 15 is 0 Å². The molecule has 0 atom stereocenters. The molecule has 0 saturated carbocycles. The van der Waals surface area contributed by atoms with Gasteiger partial charge in [0.05, 0.1) is 11.0 Å². The third kappa shape index (κ3) is 2.80. The summed E-state index contributed by atoms with van der Waals surface area (Å²) >= 11 is 5.03. The standard InChI is InChI=1S/C17H12N6O2S/c24-15-13(9-5-1-3-7-11(9)18-15)20-22-17(26)23-21-14-10-6-2-4-8-12(10)19-16(14)25/h1-8,18-19,24-25H. The number of aromatic amines is 2. The Balaban J connectivity index is 1.60. The van der Waals surface area contributed by atoms with Crippen molar-refractivity contribution < 1.29 is 10.2 Å². The van der Waals surface area contributed by atoms with Gasteiger partial charge in [0.2, 0.25) is 11.8 Å². The van der Waals surface area contributed by atoms with Crippen LogP contribution in [0.1, 0.15) is 0 Å². The highest BCUT2D eigenvalue weighted by atomic mass is 32.1. The smallest absolute Gasteiger partial charge is 0.259 e. The van der Waals surface area contributed by atoms with Gasteiger partial charge in [-0.2, -0.15) is 0 Å². The number of rotatable bonds is 2. The first-order valence-electron chi connectivity index (χ1n) is 7.60. The molecule has 26 heavy (non-hydrogen) atoms. The first-order chi connectivity index (χ1) is 12.6. The Kier molecular flexibility index (Phi) is 3.90. The summed E-state index contributed by atoms with van der Waals surface area (Å²) in [4.78, 5) is 5.60. The number of aromatic hydroxyl groups is 2. The van der Waals surface area contributed by atoms with Gasteiger partial charge in [0, 0.05) is 10.8 Å². The van der Waals surface area contributed by atoms with E-state index in [1.165, 1.54) is 0 Å². The minimum Gasteiger partial charge on any atom is -0.493 e. The normalized spacial score (nSPS) is 12.0. The van der Waals surface area contributed by atoms with Gasteiger partial charge in [-0.3, -0.25) is 0 Å². The highest BCUT2D eigenvalue weighted by molar-refractivity contribution is 7.80. The van der Waals surface area contributed by atoms with E-state index in [0.717, 1.165) is 11.0 Å². The number of H-pyrrole nitrogens is 2. The minimum absolute atomic E-state index is 0.107. The number of azo groups is 2. The molecule has 2 aromatic heterocycles. The topological polar surface area (TPSA) is 121 Å². The van der Waals surface area contributed by atoms with Crippen molar-refractivity contribution in [3.8, 4) is 11.8 Å². The molecular weight excluding hydrogens is 352 g/mol. The predicted octanol–water partition coefficient (Wildman–Crippen LogP) is 5.21. The Morgan fingerprint density at radius 3 is 1.62 bits per heavy atom. The van der Waals surface area contributed by atoms with E-state index in [9.17, 15) is 10.2 Å². The highest BCUT2D eigenvalue weighted by Gasteiger charge is 2.11. The summed E-state index contributed by atoms with van der Waals surface area (Å²) in [6.45, 7) is 0. The Labute approximate surface area is 151 Å². The number of hydrogen-bond acceptors (Lipinski definition) is 5. The maximum Gasteiger partial charge on any atom is 0.259 e. The van der Waals surface area contributed by atoms with Crippen LogP contribution in [0.4, 0.5) is 11.4 Å². The second kappa shape index (κ2) is 6.37. The van der Waals surface area contributed by atoms with Crippen LogP contribution in [0.25, 0.3) is 21.8 Å². The van der Waals surface area contributed by atoms with E-state index in [-0.39, 0.29) is 28.2 Å². The van der Waals surface area contributed by atoms with Crippen LogP contribution in [-0.2, 0) is 0 Å². The number of hydrogen-bond donors (Lipinski definition) is 4. The molecule has 0 unspecified atom stereocenters. The molecular formula is C17H12N6O2S. The van der Waals surface area contributed by atoms with Crippen molar-refractivity contribution in [2.24, 2.45) is 20.5 Å². The maximum absolute atomic E-state index is 9.94. The Bertz CT molecular complexity index is 1100. The molecule has 0 aliphatic carbocycles. The van der Waals surface area contributed by atoms with E-state index in [0.29, 0.717) is 10.8 Å². The summed E-state index contributed by atoms with van der Waals surface area (Å²) in [6.07, 6.45) is 0. The fourth-order valence-corrected chi connectivity index (χ4v) is 2.72. The van der Waals surface area contributed by atoms with Crippen molar-refractivity contribution in [1.29, 1.82) is 0 Å². The number of nitrogens with one attached hydrogen (secondary N) is 2. The second-order valence-electron chi connectivity index (χ2n) is 5.42. The quantitative estimate of drug-likeness (QED) is 0.288. The monoisotopic (exact) mass is 364 g/mol. The van der Waals surface area contributed by atoms with Crippen molar-refractivity contribution in [3.63, 3.8) is 0 Å². The first kappa shape index (κ1) is 15.9. The van der Waals surface area contributed by atoms with Crippen molar-refractivity contribution >= 4 is 50.5 Å². The van der Waals surface area contributed by atoms with Crippen LogP contribution in [0.5, 0.6) is 11.8 Å². The number of para-hydroxylation sites is 2. The van der Waals surface area contributed by atoms with Gasteiger partial charge in [0.15, 0.2) is 11.4 Å². The lowest BCUT2D eigenvalue weighted by atomic mass is 10.2. The maximum atomic E-state index is 9.94. The molecule has 0 bridgehead atoms. The lowest BCUT2D eigenvalue weighted by Gasteiger charge is -1.92. The zero-order chi connectivity index (χ0) is 18.1. The Morgan fingerprint density at radius 1 is 0.731 bits per heavy atom. The van der Waals surface area contributed by atoms with Crippen molar-refractivity contribution in [2.75, 3.05) is 0 Å². The average molecular weight is 364 g/mol. The molecule has 4 N–H and O–H groups in total. The Hall–Kier alpha value is -3.59. The predicted molar refractivity (Wildman–Crippen MR) is 102 cm³/mol. The molecule has 0 spiro atoms. The number of thiocarbonyl (C=S) groups is 1. The van der Waals surface area contributed by atoms with Gasteiger partial charge in [-0.15, -0.1) is 20.5 Å². The largest absolute Gasteiger partial charge is 0.493 e. The summed E-state index contributed by atoms with van der Waals surface area (Å²) in [5.41, 5.74) is 2.01. The van der Waals surface area contributed by atoms with Crippen LogP contribution in [0.2, 0.25) is 0 Å². The molecule has 0 aliphatic rings. The van der Waals surface area contributed by atoms with E-state index < -0.39 is 0 Å². The molecule has 8 nitrogen and oxygen atoms in total. The third-order valence-corrected chi connectivity index (χ3v) is 3.95. The van der Waals surface area contributed by atoms with E-state index in [1.807, 2.05) is 36.4 Å². The van der Waals surface area contributed by atoms with Gasteiger partial charge in [0.25, 0.3) is 5.11 Å². The van der Waals surface area contributed by atoms with E-state index in [4.69, 9.17) is 12.2 Å². The molecule has 0 saturated heterocycles. The van der Waals surface area contributed by atoms with E-state index in [1.54, 1.807) is 12.1 Å². The zero-order valence-corrected chi connectivity index (χ0v) is 14.0. The fourth-order valence-electron chi connectivity index (χ4n) is 2.63. The van der Waals surface area contributed by atoms with Crippen molar-refractivity contribution in [3.05, 3.63) is 48.5 Å². The summed E-state index contributed by atoms with van der Waals surface area (Å²) < 4.78 is 0. The van der Waals surface area contributed by atoms with Crippen LogP contribution < -0.4 is 0 Å². The molecule has 4 rings (SSSR count). The summed E-state index contributed by atoms with van der Waals surface area (Å²) in [7, 11) is 0. The lowest BCUT2D eigenvalue weighted by Crippen LogP contribution is -1.78. The van der Waals surface area contributed by atoms with Gasteiger partial charge in [-0.05, 0) is 24.4 Å². The molecule has 128 valence electrons. The zero-order valence-electron chi connectivity index (χ0n) is 13.2. The molecule has 2 aromatic carbocycles. The molecule has 0 fully saturated rings. The number of fused-ring (bicyclic) bond motifs is 2. The average Bonchev–Trinajstić information content (AvgIpc) is 3.13. The molecule has 2 heterocycles. The summed E-state index contributed by atoms with van der Waals surface area (Å²) in [5, 5.41) is 36.7. The second-order valence-corrected chi connectivity index (χ2v) is 5.78. The number of nitrogens with zero attached hydrogens (tertiary/aromatic N) is 4. The molecule has 4 aromatic rings. The minimum atomic E-state index is -0.139. The van der Waals surface area contributed by atoms with E-state index in [2.05, 4.69) is 30.4 Å².